The van der Waals surface area contributed by atoms with Crippen LogP contribution in [0.4, 0.5) is 0 Å². The number of hydrogen-bond donors (Lipinski definition) is 1. The monoisotopic (exact) mass is 261 g/mol. The normalized spacial score (nSPS) is 18.1. The molecule has 1 aromatic rings. The molecule has 1 unspecified atom stereocenters. The molecule has 19 heavy (non-hydrogen) atoms. The van der Waals surface area contributed by atoms with E-state index >= 15 is 0 Å². The van der Waals surface area contributed by atoms with Gasteiger partial charge in [-0.3, -0.25) is 0 Å². The number of rotatable bonds is 7. The quantitative estimate of drug-likeness (QED) is 0.741. The van der Waals surface area contributed by atoms with E-state index in [2.05, 4.69) is 37.5 Å². The van der Waals surface area contributed by atoms with E-state index in [1.54, 1.807) is 0 Å². The van der Waals surface area contributed by atoms with Gasteiger partial charge in [0.2, 0.25) is 0 Å². The van der Waals surface area contributed by atoms with E-state index in [4.69, 9.17) is 4.74 Å². The van der Waals surface area contributed by atoms with Crippen molar-refractivity contribution in [3.63, 3.8) is 0 Å². The molecule has 2 heteroatoms. The molecule has 2 nitrogen and oxygen atoms in total. The molecule has 0 aliphatic heterocycles. The maximum Gasteiger partial charge on any atom is 0.119 e. The van der Waals surface area contributed by atoms with Crippen LogP contribution in [-0.4, -0.2) is 13.7 Å². The average molecular weight is 261 g/mol. The Morgan fingerprint density at radius 3 is 2.95 bits per heavy atom. The lowest BCUT2D eigenvalue weighted by molar-refractivity contribution is 0.304. The summed E-state index contributed by atoms with van der Waals surface area (Å²) in [6.07, 6.45) is 8.77. The Bertz CT molecular complexity index is 389. The van der Waals surface area contributed by atoms with Crippen LogP contribution >= 0.6 is 0 Å². The summed E-state index contributed by atoms with van der Waals surface area (Å²) >= 11 is 0. The molecule has 0 aromatic heterocycles. The standard InChI is InChI=1S/C17H27NO/c1-3-4-5-6-12-19-15-10-11-16-14(13-15)8-7-9-17(16)18-2/h10-11,13,17-18H,3-9,12H2,1-2H3. The fraction of sp³-hybridized carbons (Fsp3) is 0.647. The van der Waals surface area contributed by atoms with Gasteiger partial charge in [-0.05, 0) is 56.0 Å². The molecule has 1 atom stereocenters. The third-order valence-corrected chi connectivity index (χ3v) is 4.04. The van der Waals surface area contributed by atoms with Crippen LogP contribution in [0.2, 0.25) is 0 Å². The van der Waals surface area contributed by atoms with Gasteiger partial charge in [0.15, 0.2) is 0 Å². The molecule has 1 aliphatic rings. The van der Waals surface area contributed by atoms with Gasteiger partial charge >= 0.3 is 0 Å². The average Bonchev–Trinajstić information content (AvgIpc) is 2.46. The summed E-state index contributed by atoms with van der Waals surface area (Å²) in [6.45, 7) is 3.09. The smallest absolute Gasteiger partial charge is 0.119 e. The van der Waals surface area contributed by atoms with Crippen LogP contribution in [0.3, 0.4) is 0 Å². The minimum atomic E-state index is 0.530. The Hall–Kier alpha value is -1.02. The van der Waals surface area contributed by atoms with Crippen molar-refractivity contribution in [2.75, 3.05) is 13.7 Å². The highest BCUT2D eigenvalue weighted by Gasteiger charge is 2.18. The van der Waals surface area contributed by atoms with E-state index in [-0.39, 0.29) is 0 Å². The molecule has 0 saturated heterocycles. The fourth-order valence-electron chi connectivity index (χ4n) is 2.90. The van der Waals surface area contributed by atoms with Crippen LogP contribution in [0.1, 0.15) is 62.6 Å². The molecule has 0 radical (unpaired) electrons. The summed E-state index contributed by atoms with van der Waals surface area (Å²) in [5.74, 6) is 1.05. The number of fused-ring (bicyclic) bond motifs is 1. The van der Waals surface area contributed by atoms with Crippen LogP contribution in [0.15, 0.2) is 18.2 Å². The van der Waals surface area contributed by atoms with Crippen LogP contribution in [0.25, 0.3) is 0 Å². The maximum absolute atomic E-state index is 5.87. The number of hydrogen-bond acceptors (Lipinski definition) is 2. The molecule has 0 heterocycles. The molecule has 0 fully saturated rings. The second-order valence-electron chi connectivity index (χ2n) is 5.50. The molecule has 0 bridgehead atoms. The second kappa shape index (κ2) is 7.54. The highest BCUT2D eigenvalue weighted by Crippen LogP contribution is 2.31. The summed E-state index contributed by atoms with van der Waals surface area (Å²) in [6, 6.07) is 7.16. The van der Waals surface area contributed by atoms with Gasteiger partial charge < -0.3 is 10.1 Å². The van der Waals surface area contributed by atoms with Crippen molar-refractivity contribution in [3.8, 4) is 5.75 Å². The van der Waals surface area contributed by atoms with E-state index < -0.39 is 0 Å². The lowest BCUT2D eigenvalue weighted by Crippen LogP contribution is -2.21. The van der Waals surface area contributed by atoms with E-state index in [9.17, 15) is 0 Å². The van der Waals surface area contributed by atoms with Crippen LogP contribution < -0.4 is 10.1 Å². The van der Waals surface area contributed by atoms with Crippen LogP contribution in [-0.2, 0) is 6.42 Å². The van der Waals surface area contributed by atoms with Crippen LogP contribution in [0.5, 0.6) is 5.75 Å². The van der Waals surface area contributed by atoms with Gasteiger partial charge in [-0.1, -0.05) is 32.3 Å². The number of nitrogens with one attached hydrogen (secondary N) is 1. The molecular weight excluding hydrogens is 234 g/mol. The number of aryl methyl sites for hydroxylation is 1. The van der Waals surface area contributed by atoms with Crippen molar-refractivity contribution in [3.05, 3.63) is 29.3 Å². The predicted octanol–water partition coefficient (Wildman–Crippen LogP) is 4.24. The van der Waals surface area contributed by atoms with Gasteiger partial charge in [0, 0.05) is 6.04 Å². The van der Waals surface area contributed by atoms with Gasteiger partial charge in [0.1, 0.15) is 5.75 Å². The minimum Gasteiger partial charge on any atom is -0.494 e. The second-order valence-corrected chi connectivity index (χ2v) is 5.50. The number of unbranched alkanes of at least 4 members (excludes halogenated alkanes) is 3. The first-order valence-corrected chi connectivity index (χ1v) is 7.78. The maximum atomic E-state index is 5.87. The molecule has 2 rings (SSSR count). The van der Waals surface area contributed by atoms with Gasteiger partial charge in [0.25, 0.3) is 0 Å². The Morgan fingerprint density at radius 1 is 1.26 bits per heavy atom. The van der Waals surface area contributed by atoms with Crippen molar-refractivity contribution in [2.45, 2.75) is 57.9 Å². The highest BCUT2D eigenvalue weighted by molar-refractivity contribution is 5.39. The summed E-state index contributed by atoms with van der Waals surface area (Å²) in [7, 11) is 2.05. The van der Waals surface area contributed by atoms with Crippen molar-refractivity contribution < 1.29 is 4.74 Å². The summed E-state index contributed by atoms with van der Waals surface area (Å²) < 4.78 is 5.87. The Kier molecular flexibility index (Phi) is 5.71. The predicted molar refractivity (Wildman–Crippen MR) is 80.8 cm³/mol. The van der Waals surface area contributed by atoms with E-state index in [0.29, 0.717) is 6.04 Å². The molecule has 0 spiro atoms. The van der Waals surface area contributed by atoms with Crippen molar-refractivity contribution in [2.24, 2.45) is 0 Å². The third-order valence-electron chi connectivity index (χ3n) is 4.04. The van der Waals surface area contributed by atoms with Gasteiger partial charge in [-0.15, -0.1) is 0 Å². The lowest BCUT2D eigenvalue weighted by Gasteiger charge is -2.25. The van der Waals surface area contributed by atoms with E-state index in [1.807, 2.05) is 0 Å². The molecule has 1 aliphatic carbocycles. The van der Waals surface area contributed by atoms with Gasteiger partial charge in [-0.2, -0.15) is 0 Å². The van der Waals surface area contributed by atoms with Crippen LogP contribution in [0, 0.1) is 0 Å². The largest absolute Gasteiger partial charge is 0.494 e. The fourth-order valence-corrected chi connectivity index (χ4v) is 2.90. The Balaban J connectivity index is 1.89. The molecule has 0 amide bonds. The zero-order valence-electron chi connectivity index (χ0n) is 12.4. The molecular formula is C17H27NO. The van der Waals surface area contributed by atoms with Crippen molar-refractivity contribution in [1.82, 2.24) is 5.32 Å². The SMILES string of the molecule is CCCCCCOc1ccc2c(c1)CCCC2NC. The zero-order chi connectivity index (χ0) is 13.5. The van der Waals surface area contributed by atoms with Crippen molar-refractivity contribution in [1.29, 1.82) is 0 Å². The van der Waals surface area contributed by atoms with E-state index in [0.717, 1.165) is 12.4 Å². The summed E-state index contributed by atoms with van der Waals surface area (Å²) in [5, 5.41) is 3.41. The molecule has 1 N–H and O–H groups in total. The highest BCUT2D eigenvalue weighted by atomic mass is 16.5. The molecule has 106 valence electrons. The van der Waals surface area contributed by atoms with Crippen molar-refractivity contribution >= 4 is 0 Å². The van der Waals surface area contributed by atoms with Gasteiger partial charge in [-0.25, -0.2) is 0 Å². The zero-order valence-corrected chi connectivity index (χ0v) is 12.4. The first kappa shape index (κ1) is 14.4. The van der Waals surface area contributed by atoms with E-state index in [1.165, 1.54) is 56.1 Å². The number of benzene rings is 1. The third kappa shape index (κ3) is 3.97. The lowest BCUT2D eigenvalue weighted by atomic mass is 9.87. The number of ether oxygens (including phenoxy) is 1. The molecule has 0 saturated carbocycles. The molecule has 1 aromatic carbocycles. The first-order chi connectivity index (χ1) is 9.35. The Labute approximate surface area is 117 Å². The Morgan fingerprint density at radius 2 is 2.16 bits per heavy atom. The first-order valence-electron chi connectivity index (χ1n) is 7.78. The van der Waals surface area contributed by atoms with Gasteiger partial charge in [0.05, 0.1) is 6.61 Å². The topological polar surface area (TPSA) is 21.3 Å². The summed E-state index contributed by atoms with van der Waals surface area (Å²) in [4.78, 5) is 0. The summed E-state index contributed by atoms with van der Waals surface area (Å²) in [5.41, 5.74) is 2.93. The minimum absolute atomic E-state index is 0.530.